The second-order valence-electron chi connectivity index (χ2n) is 12.9. The zero-order valence-corrected chi connectivity index (χ0v) is 26.3. The van der Waals surface area contributed by atoms with Gasteiger partial charge in [0, 0.05) is 17.1 Å². The van der Waals surface area contributed by atoms with Crippen LogP contribution in [0, 0.1) is 0 Å². The fourth-order valence-corrected chi connectivity index (χ4v) is 8.43. The Hall–Kier alpha value is -6.18. The summed E-state index contributed by atoms with van der Waals surface area (Å²) in [5, 5.41) is 2.54. The van der Waals surface area contributed by atoms with E-state index >= 15 is 0 Å². The number of fused-ring (bicyclic) bond motifs is 11. The van der Waals surface area contributed by atoms with E-state index in [1.807, 2.05) is 0 Å². The lowest BCUT2D eigenvalue weighted by atomic mass is 9.70. The normalized spacial score (nSPS) is 13.2. The predicted octanol–water partition coefficient (Wildman–Crippen LogP) is 12.3. The van der Waals surface area contributed by atoms with E-state index in [9.17, 15) is 0 Å². The van der Waals surface area contributed by atoms with Crippen molar-refractivity contribution in [1.29, 1.82) is 0 Å². The minimum atomic E-state index is -0.424. The number of hydrogen-bond acceptors (Lipinski definition) is 1. The van der Waals surface area contributed by atoms with Crippen molar-refractivity contribution in [2.24, 2.45) is 0 Å². The molecule has 1 heteroatoms. The van der Waals surface area contributed by atoms with Crippen molar-refractivity contribution >= 4 is 27.8 Å². The molecule has 0 saturated carbocycles. The Balaban J connectivity index is 1.27. The Kier molecular flexibility index (Phi) is 5.86. The molecule has 48 heavy (non-hydrogen) atoms. The zero-order valence-electron chi connectivity index (χ0n) is 26.3. The number of para-hydroxylation sites is 1. The first-order valence-electron chi connectivity index (χ1n) is 16.7. The summed E-state index contributed by atoms with van der Waals surface area (Å²) in [4.78, 5) is 2.41. The third kappa shape index (κ3) is 3.79. The Bertz CT molecular complexity index is 2470. The molecular formula is C47H31N. The Morgan fingerprint density at radius 2 is 0.812 bits per heavy atom. The number of anilines is 3. The van der Waals surface area contributed by atoms with E-state index in [1.54, 1.807) is 0 Å². The summed E-state index contributed by atoms with van der Waals surface area (Å²) >= 11 is 0. The van der Waals surface area contributed by atoms with Crippen molar-refractivity contribution in [2.45, 2.75) is 5.41 Å². The molecule has 0 atom stereocenters. The van der Waals surface area contributed by atoms with Gasteiger partial charge in [-0.2, -0.15) is 0 Å². The third-order valence-corrected chi connectivity index (χ3v) is 10.4. The molecule has 10 rings (SSSR count). The van der Waals surface area contributed by atoms with Crippen LogP contribution in [0.25, 0.3) is 44.2 Å². The molecule has 0 unspecified atom stereocenters. The number of benzene rings is 8. The van der Waals surface area contributed by atoms with Gasteiger partial charge in [0.05, 0.1) is 5.41 Å². The molecule has 1 nitrogen and oxygen atoms in total. The highest BCUT2D eigenvalue weighted by atomic mass is 15.1. The molecule has 0 fully saturated rings. The van der Waals surface area contributed by atoms with Gasteiger partial charge in [0.1, 0.15) is 0 Å². The highest BCUT2D eigenvalue weighted by Crippen LogP contribution is 2.63. The lowest BCUT2D eigenvalue weighted by molar-refractivity contribution is 0.795. The molecule has 224 valence electrons. The molecule has 1 spiro atoms. The van der Waals surface area contributed by atoms with Crippen molar-refractivity contribution in [2.75, 3.05) is 4.90 Å². The van der Waals surface area contributed by atoms with Gasteiger partial charge in [-0.05, 0) is 115 Å². The highest BCUT2D eigenvalue weighted by Gasteiger charge is 2.51. The van der Waals surface area contributed by atoms with E-state index in [1.165, 1.54) is 66.4 Å². The SMILES string of the molecule is c1ccc(-c2cccc(N(c3ccccc3)c3ccc4c(c3)C3(c5ccccc5-c5ccccc53)c3cc5ccccc5cc3-4)c2)cc1. The summed E-state index contributed by atoms with van der Waals surface area (Å²) in [5.41, 5.74) is 16.1. The molecule has 8 aromatic carbocycles. The monoisotopic (exact) mass is 609 g/mol. The van der Waals surface area contributed by atoms with Crippen LogP contribution in [-0.4, -0.2) is 0 Å². The van der Waals surface area contributed by atoms with Crippen molar-refractivity contribution in [3.05, 3.63) is 210 Å². The van der Waals surface area contributed by atoms with Crippen LogP contribution in [0.2, 0.25) is 0 Å². The Labute approximate surface area is 281 Å². The molecule has 0 amide bonds. The van der Waals surface area contributed by atoms with E-state index < -0.39 is 5.41 Å². The van der Waals surface area contributed by atoms with Gasteiger partial charge in [-0.3, -0.25) is 0 Å². The lowest BCUT2D eigenvalue weighted by Gasteiger charge is -2.32. The molecule has 0 heterocycles. The second-order valence-corrected chi connectivity index (χ2v) is 12.9. The maximum atomic E-state index is 2.47. The molecule has 2 aliphatic rings. The van der Waals surface area contributed by atoms with Crippen LogP contribution in [0.15, 0.2) is 188 Å². The molecule has 0 radical (unpaired) electrons. The van der Waals surface area contributed by atoms with Crippen LogP contribution in [-0.2, 0) is 5.41 Å². The van der Waals surface area contributed by atoms with E-state index in [0.29, 0.717) is 0 Å². The highest BCUT2D eigenvalue weighted by molar-refractivity contribution is 6.00. The van der Waals surface area contributed by atoms with Crippen LogP contribution in [0.5, 0.6) is 0 Å². The topological polar surface area (TPSA) is 3.24 Å². The zero-order chi connectivity index (χ0) is 31.7. The summed E-state index contributed by atoms with van der Waals surface area (Å²) in [6, 6.07) is 69.2. The van der Waals surface area contributed by atoms with Crippen LogP contribution in [0.3, 0.4) is 0 Å². The maximum absolute atomic E-state index is 2.47. The summed E-state index contributed by atoms with van der Waals surface area (Å²) < 4.78 is 0. The quantitative estimate of drug-likeness (QED) is 0.192. The summed E-state index contributed by atoms with van der Waals surface area (Å²) in [5.74, 6) is 0. The molecule has 0 aromatic heterocycles. The summed E-state index contributed by atoms with van der Waals surface area (Å²) in [6.45, 7) is 0. The Morgan fingerprint density at radius 3 is 1.54 bits per heavy atom. The first kappa shape index (κ1) is 27.0. The average molecular weight is 610 g/mol. The predicted molar refractivity (Wildman–Crippen MR) is 200 cm³/mol. The fourth-order valence-electron chi connectivity index (χ4n) is 8.43. The van der Waals surface area contributed by atoms with Crippen molar-refractivity contribution < 1.29 is 0 Å². The van der Waals surface area contributed by atoms with Crippen LogP contribution in [0.1, 0.15) is 22.3 Å². The van der Waals surface area contributed by atoms with E-state index in [0.717, 1.165) is 17.1 Å². The van der Waals surface area contributed by atoms with Gasteiger partial charge in [0.15, 0.2) is 0 Å². The molecular weight excluding hydrogens is 579 g/mol. The molecule has 0 bridgehead atoms. The molecule has 0 N–H and O–H groups in total. The van der Waals surface area contributed by atoms with Gasteiger partial charge in [0.25, 0.3) is 0 Å². The minimum absolute atomic E-state index is 0.424. The maximum Gasteiger partial charge on any atom is 0.0726 e. The van der Waals surface area contributed by atoms with Gasteiger partial charge >= 0.3 is 0 Å². The van der Waals surface area contributed by atoms with Gasteiger partial charge in [-0.1, -0.05) is 140 Å². The number of nitrogens with zero attached hydrogens (tertiary/aromatic N) is 1. The van der Waals surface area contributed by atoms with Crippen molar-refractivity contribution in [1.82, 2.24) is 0 Å². The van der Waals surface area contributed by atoms with E-state index in [2.05, 4.69) is 193 Å². The van der Waals surface area contributed by atoms with E-state index in [-0.39, 0.29) is 0 Å². The summed E-state index contributed by atoms with van der Waals surface area (Å²) in [6.07, 6.45) is 0. The minimum Gasteiger partial charge on any atom is -0.310 e. The Morgan fingerprint density at radius 1 is 0.292 bits per heavy atom. The van der Waals surface area contributed by atoms with Crippen molar-refractivity contribution in [3.63, 3.8) is 0 Å². The van der Waals surface area contributed by atoms with Gasteiger partial charge in [-0.15, -0.1) is 0 Å². The van der Waals surface area contributed by atoms with Gasteiger partial charge < -0.3 is 4.90 Å². The number of hydrogen-bond donors (Lipinski definition) is 0. The lowest BCUT2D eigenvalue weighted by Crippen LogP contribution is -2.26. The third-order valence-electron chi connectivity index (χ3n) is 10.4. The first-order valence-corrected chi connectivity index (χ1v) is 16.7. The largest absolute Gasteiger partial charge is 0.310 e. The van der Waals surface area contributed by atoms with Crippen LogP contribution >= 0.6 is 0 Å². The van der Waals surface area contributed by atoms with Gasteiger partial charge in [0.2, 0.25) is 0 Å². The van der Waals surface area contributed by atoms with Crippen LogP contribution < -0.4 is 4.90 Å². The molecule has 0 saturated heterocycles. The molecule has 8 aromatic rings. The standard InChI is InChI=1S/C47H31N/c1-3-14-32(15-4-1)33-18-13-21-37(28-33)48(36-19-5-2-6-20-36)38-26-27-41-42-29-34-16-7-8-17-35(34)30-45(42)47(46(41)31-38)43-24-11-9-22-39(43)40-23-10-12-25-44(40)47/h1-31H. The van der Waals surface area contributed by atoms with E-state index in [4.69, 9.17) is 0 Å². The van der Waals surface area contributed by atoms with Gasteiger partial charge in [-0.25, -0.2) is 0 Å². The van der Waals surface area contributed by atoms with Crippen LogP contribution in [0.4, 0.5) is 17.1 Å². The molecule has 2 aliphatic carbocycles. The average Bonchev–Trinajstić information content (AvgIpc) is 3.61. The number of rotatable bonds is 4. The van der Waals surface area contributed by atoms with Crippen molar-refractivity contribution in [3.8, 4) is 33.4 Å². The summed E-state index contributed by atoms with van der Waals surface area (Å²) in [7, 11) is 0. The first-order chi connectivity index (χ1) is 23.8. The smallest absolute Gasteiger partial charge is 0.0726 e. The second kappa shape index (κ2) is 10.4. The molecule has 0 aliphatic heterocycles. The fraction of sp³-hybridized carbons (Fsp3) is 0.0213.